The number of rotatable bonds is 3. The number of aryl methyl sites for hydroxylation is 1. The second-order valence-corrected chi connectivity index (χ2v) is 6.01. The molecule has 3 nitrogen and oxygen atoms in total. The zero-order valence-electron chi connectivity index (χ0n) is 11.3. The van der Waals surface area contributed by atoms with E-state index in [1.807, 2.05) is 25.1 Å². The molecule has 19 heavy (non-hydrogen) atoms. The number of carbonyl (C=O) groups excluding carboxylic acids is 2. The maximum atomic E-state index is 12.5. The molecule has 0 aliphatic carbocycles. The third-order valence-electron chi connectivity index (χ3n) is 3.50. The summed E-state index contributed by atoms with van der Waals surface area (Å²) in [5.41, 5.74) is 1.59. The third-order valence-corrected chi connectivity index (χ3v) is 4.19. The van der Waals surface area contributed by atoms with E-state index >= 15 is 0 Å². The van der Waals surface area contributed by atoms with Gasteiger partial charge >= 0.3 is 0 Å². The van der Waals surface area contributed by atoms with E-state index < -0.39 is 0 Å². The summed E-state index contributed by atoms with van der Waals surface area (Å²) < 4.78 is 0.745. The minimum absolute atomic E-state index is 0.0446. The van der Waals surface area contributed by atoms with Crippen molar-refractivity contribution in [2.45, 2.75) is 33.1 Å². The Bertz CT molecular complexity index is 513. The fraction of sp³-hybridized carbons (Fsp3) is 0.467. The molecule has 102 valence electrons. The van der Waals surface area contributed by atoms with Crippen LogP contribution < -0.4 is 0 Å². The Morgan fingerprint density at radius 3 is 2.89 bits per heavy atom. The Balaban J connectivity index is 2.20. The average Bonchev–Trinajstić information content (AvgIpc) is 2.73. The Kier molecular flexibility index (Phi) is 4.40. The first-order valence-electron chi connectivity index (χ1n) is 6.63. The Hall–Kier alpha value is -1.16. The SMILES string of the molecule is CCCC1CC(=O)N(C(=O)c2cc(C)ccc2Br)C1. The van der Waals surface area contributed by atoms with Gasteiger partial charge in [-0.15, -0.1) is 0 Å². The zero-order valence-corrected chi connectivity index (χ0v) is 12.9. The summed E-state index contributed by atoms with van der Waals surface area (Å²) in [6, 6.07) is 5.62. The van der Waals surface area contributed by atoms with E-state index in [1.165, 1.54) is 4.90 Å². The van der Waals surface area contributed by atoms with E-state index in [2.05, 4.69) is 22.9 Å². The molecule has 0 spiro atoms. The molecule has 0 saturated carbocycles. The monoisotopic (exact) mass is 323 g/mol. The van der Waals surface area contributed by atoms with Gasteiger partial charge in [-0.05, 0) is 47.3 Å². The van der Waals surface area contributed by atoms with E-state index in [1.54, 1.807) is 0 Å². The number of halogens is 1. The van der Waals surface area contributed by atoms with Crippen molar-refractivity contribution in [1.29, 1.82) is 0 Å². The van der Waals surface area contributed by atoms with Gasteiger partial charge in [0.1, 0.15) is 0 Å². The van der Waals surface area contributed by atoms with Crippen LogP contribution in [0.5, 0.6) is 0 Å². The van der Waals surface area contributed by atoms with Crippen molar-refractivity contribution in [3.05, 3.63) is 33.8 Å². The van der Waals surface area contributed by atoms with Gasteiger partial charge in [-0.25, -0.2) is 0 Å². The lowest BCUT2D eigenvalue weighted by atomic mass is 10.0. The molecule has 2 rings (SSSR count). The molecule has 4 heteroatoms. The number of carbonyl (C=O) groups is 2. The van der Waals surface area contributed by atoms with Crippen molar-refractivity contribution >= 4 is 27.7 Å². The summed E-state index contributed by atoms with van der Waals surface area (Å²) in [6.07, 6.45) is 2.56. The smallest absolute Gasteiger partial charge is 0.261 e. The number of hydrogen-bond acceptors (Lipinski definition) is 2. The van der Waals surface area contributed by atoms with Crippen molar-refractivity contribution in [3.8, 4) is 0 Å². The van der Waals surface area contributed by atoms with Gasteiger partial charge in [0.05, 0.1) is 5.56 Å². The van der Waals surface area contributed by atoms with Crippen LogP contribution in [0, 0.1) is 12.8 Å². The molecule has 1 unspecified atom stereocenters. The second-order valence-electron chi connectivity index (χ2n) is 5.15. The van der Waals surface area contributed by atoms with Crippen molar-refractivity contribution in [3.63, 3.8) is 0 Å². The van der Waals surface area contributed by atoms with E-state index in [0.717, 1.165) is 22.9 Å². The molecule has 2 amide bonds. The maximum Gasteiger partial charge on any atom is 0.261 e. The molecule has 1 fully saturated rings. The summed E-state index contributed by atoms with van der Waals surface area (Å²) in [5.74, 6) is 0.0982. The van der Waals surface area contributed by atoms with Gasteiger partial charge in [-0.2, -0.15) is 0 Å². The van der Waals surface area contributed by atoms with Crippen LogP contribution in [0.3, 0.4) is 0 Å². The Morgan fingerprint density at radius 1 is 1.47 bits per heavy atom. The highest BCUT2D eigenvalue weighted by Crippen LogP contribution is 2.26. The first kappa shape index (κ1) is 14.3. The molecule has 1 aliphatic rings. The van der Waals surface area contributed by atoms with Crippen molar-refractivity contribution in [1.82, 2.24) is 4.90 Å². The highest BCUT2D eigenvalue weighted by atomic mass is 79.9. The zero-order chi connectivity index (χ0) is 14.0. The van der Waals surface area contributed by atoms with Crippen molar-refractivity contribution in [2.75, 3.05) is 6.54 Å². The molecule has 0 aromatic heterocycles. The van der Waals surface area contributed by atoms with Crippen molar-refractivity contribution < 1.29 is 9.59 Å². The van der Waals surface area contributed by atoms with Gasteiger partial charge in [-0.1, -0.05) is 25.0 Å². The van der Waals surface area contributed by atoms with E-state index in [0.29, 0.717) is 24.4 Å². The number of nitrogens with zero attached hydrogens (tertiary/aromatic N) is 1. The van der Waals surface area contributed by atoms with Crippen LogP contribution >= 0.6 is 15.9 Å². The van der Waals surface area contributed by atoms with Crippen LogP contribution in [0.1, 0.15) is 42.1 Å². The normalized spacial score (nSPS) is 19.0. The summed E-state index contributed by atoms with van der Waals surface area (Å²) >= 11 is 3.39. The standard InChI is InChI=1S/C15H18BrNO2/c1-3-4-11-8-14(18)17(9-11)15(19)12-7-10(2)5-6-13(12)16/h5-7,11H,3-4,8-9H2,1-2H3. The molecule has 0 radical (unpaired) electrons. The van der Waals surface area contributed by atoms with E-state index in [9.17, 15) is 9.59 Å². The average molecular weight is 324 g/mol. The predicted molar refractivity (Wildman–Crippen MR) is 77.9 cm³/mol. The molecular formula is C15H18BrNO2. The molecule has 1 aliphatic heterocycles. The van der Waals surface area contributed by atoms with Crippen LogP contribution in [0.2, 0.25) is 0 Å². The van der Waals surface area contributed by atoms with Crippen LogP contribution in [0.4, 0.5) is 0 Å². The van der Waals surface area contributed by atoms with Crippen molar-refractivity contribution in [2.24, 2.45) is 5.92 Å². The number of benzene rings is 1. The fourth-order valence-electron chi connectivity index (χ4n) is 2.53. The first-order valence-corrected chi connectivity index (χ1v) is 7.43. The molecule has 1 aromatic carbocycles. The van der Waals surface area contributed by atoms with Crippen LogP contribution in [0.25, 0.3) is 0 Å². The molecule has 0 bridgehead atoms. The minimum atomic E-state index is -0.181. The second kappa shape index (κ2) is 5.87. The van der Waals surface area contributed by atoms with Gasteiger partial charge < -0.3 is 0 Å². The quantitative estimate of drug-likeness (QED) is 0.798. The number of imide groups is 1. The van der Waals surface area contributed by atoms with E-state index in [4.69, 9.17) is 0 Å². The lowest BCUT2D eigenvalue weighted by Gasteiger charge is -2.16. The predicted octanol–water partition coefficient (Wildman–Crippen LogP) is 3.55. The van der Waals surface area contributed by atoms with Crippen LogP contribution in [0.15, 0.2) is 22.7 Å². The summed E-state index contributed by atoms with van der Waals surface area (Å²) in [4.78, 5) is 25.8. The topological polar surface area (TPSA) is 37.4 Å². The maximum absolute atomic E-state index is 12.5. The van der Waals surface area contributed by atoms with Crippen LogP contribution in [-0.4, -0.2) is 23.3 Å². The van der Waals surface area contributed by atoms with Gasteiger partial charge in [0.2, 0.25) is 5.91 Å². The molecule has 1 heterocycles. The number of amides is 2. The highest BCUT2D eigenvalue weighted by Gasteiger charge is 2.34. The Morgan fingerprint density at radius 2 is 2.21 bits per heavy atom. The molecule has 1 atom stereocenters. The first-order chi connectivity index (χ1) is 9.02. The molecule has 1 aromatic rings. The largest absolute Gasteiger partial charge is 0.278 e. The number of likely N-dealkylation sites (tertiary alicyclic amines) is 1. The lowest BCUT2D eigenvalue weighted by molar-refractivity contribution is -0.125. The van der Waals surface area contributed by atoms with Gasteiger partial charge in [-0.3, -0.25) is 14.5 Å². The molecular weight excluding hydrogens is 306 g/mol. The molecule has 0 N–H and O–H groups in total. The Labute approximate surface area is 122 Å². The van der Waals surface area contributed by atoms with E-state index in [-0.39, 0.29) is 11.8 Å². The van der Waals surface area contributed by atoms with Gasteiger partial charge in [0.25, 0.3) is 5.91 Å². The molecule has 1 saturated heterocycles. The summed E-state index contributed by atoms with van der Waals surface area (Å²) in [5, 5.41) is 0. The highest BCUT2D eigenvalue weighted by molar-refractivity contribution is 9.10. The third kappa shape index (κ3) is 3.06. The number of hydrogen-bond donors (Lipinski definition) is 0. The minimum Gasteiger partial charge on any atom is -0.278 e. The fourth-order valence-corrected chi connectivity index (χ4v) is 2.94. The summed E-state index contributed by atoms with van der Waals surface area (Å²) in [7, 11) is 0. The lowest BCUT2D eigenvalue weighted by Crippen LogP contribution is -2.32. The van der Waals surface area contributed by atoms with Gasteiger partial charge in [0.15, 0.2) is 0 Å². The van der Waals surface area contributed by atoms with Gasteiger partial charge in [0, 0.05) is 17.4 Å². The van der Waals surface area contributed by atoms with Crippen LogP contribution in [-0.2, 0) is 4.79 Å². The summed E-state index contributed by atoms with van der Waals surface area (Å²) in [6.45, 7) is 4.60.